The van der Waals surface area contributed by atoms with Gasteiger partial charge >= 0.3 is 0 Å². The van der Waals surface area contributed by atoms with Crippen LogP contribution in [-0.2, 0) is 0 Å². The van der Waals surface area contributed by atoms with Crippen molar-refractivity contribution < 1.29 is 0 Å². The van der Waals surface area contributed by atoms with E-state index in [-0.39, 0.29) is 0 Å². The molecule has 46 heavy (non-hydrogen) atoms. The summed E-state index contributed by atoms with van der Waals surface area (Å²) in [5.41, 5.74) is 6.51. The molecule has 9 aliphatic rings. The Morgan fingerprint density at radius 1 is 0.370 bits per heavy atom. The van der Waals surface area contributed by atoms with Crippen LogP contribution in [0.2, 0.25) is 0 Å². The lowest BCUT2D eigenvalue weighted by Crippen LogP contribution is -2.59. The maximum absolute atomic E-state index is 2.67. The smallest absolute Gasteiger partial charge is 0.00966 e. The van der Waals surface area contributed by atoms with Gasteiger partial charge in [-0.05, 0) is 209 Å². The van der Waals surface area contributed by atoms with Crippen LogP contribution in [0, 0.1) is 109 Å². The molecule has 0 aromatic heterocycles. The Hall–Kier alpha value is -1.56. The molecule has 2 aromatic rings. The van der Waals surface area contributed by atoms with E-state index in [2.05, 4.69) is 62.4 Å². The minimum atomic E-state index is 0.808. The second kappa shape index (κ2) is 10.5. The Morgan fingerprint density at radius 2 is 0.761 bits per heavy atom. The monoisotopic (exact) mass is 612 g/mol. The van der Waals surface area contributed by atoms with E-state index in [9.17, 15) is 0 Å². The van der Waals surface area contributed by atoms with Crippen molar-refractivity contribution in [2.24, 2.45) is 94.7 Å². The van der Waals surface area contributed by atoms with Crippen molar-refractivity contribution in [2.75, 3.05) is 0 Å². The Balaban J connectivity index is 1.05. The van der Waals surface area contributed by atoms with Gasteiger partial charge in [-0.2, -0.15) is 0 Å². The van der Waals surface area contributed by atoms with Gasteiger partial charge in [0.2, 0.25) is 0 Å². The number of hydrogen-bond acceptors (Lipinski definition) is 0. The van der Waals surface area contributed by atoms with Gasteiger partial charge in [-0.3, -0.25) is 0 Å². The minimum absolute atomic E-state index is 0.808. The minimum Gasteiger partial charge on any atom is -0.0617 e. The van der Waals surface area contributed by atoms with Gasteiger partial charge in [0.05, 0.1) is 0 Å². The Bertz CT molecular complexity index is 1380. The van der Waals surface area contributed by atoms with E-state index < -0.39 is 0 Å². The van der Waals surface area contributed by atoms with Crippen molar-refractivity contribution in [2.45, 2.75) is 116 Å². The predicted molar refractivity (Wildman–Crippen MR) is 188 cm³/mol. The second-order valence-corrected chi connectivity index (χ2v) is 19.3. The zero-order chi connectivity index (χ0) is 30.3. The number of rotatable bonds is 2. The number of fused-ring (bicyclic) bond motifs is 6. The van der Waals surface area contributed by atoms with Crippen LogP contribution >= 0.6 is 0 Å². The summed E-state index contributed by atoms with van der Waals surface area (Å²) in [5, 5.41) is 0. The lowest BCUT2D eigenvalue weighted by Gasteiger charge is -2.65. The van der Waals surface area contributed by atoms with Gasteiger partial charge in [-0.25, -0.2) is 0 Å². The molecule has 9 fully saturated rings. The third-order valence-corrected chi connectivity index (χ3v) is 18.3. The van der Waals surface area contributed by atoms with E-state index in [1.807, 2.05) is 0 Å². The van der Waals surface area contributed by atoms with Gasteiger partial charge in [0.15, 0.2) is 0 Å². The highest BCUT2D eigenvalue weighted by Crippen LogP contribution is 2.76. The third-order valence-electron chi connectivity index (χ3n) is 18.3. The quantitative estimate of drug-likeness (QED) is 0.316. The van der Waals surface area contributed by atoms with Gasteiger partial charge in [-0.15, -0.1) is 0 Å². The fourth-order valence-electron chi connectivity index (χ4n) is 17.7. The number of hydrogen-bond donors (Lipinski definition) is 0. The molecule has 11 rings (SSSR count). The van der Waals surface area contributed by atoms with E-state index in [0.29, 0.717) is 0 Å². The normalized spacial score (nSPS) is 52.7. The van der Waals surface area contributed by atoms with E-state index in [4.69, 9.17) is 0 Å². The lowest BCUT2D eigenvalue weighted by atomic mass is 9.40. The van der Waals surface area contributed by atoms with Crippen molar-refractivity contribution in [1.29, 1.82) is 0 Å². The Morgan fingerprint density at radius 3 is 1.24 bits per heavy atom. The summed E-state index contributed by atoms with van der Waals surface area (Å²) < 4.78 is 0. The van der Waals surface area contributed by atoms with Crippen molar-refractivity contribution >= 4 is 0 Å². The molecule has 0 bridgehead atoms. The molecule has 0 nitrogen and oxygen atoms in total. The summed E-state index contributed by atoms with van der Waals surface area (Å²) in [6.45, 7) is 4.74. The largest absolute Gasteiger partial charge is 0.0617 e. The van der Waals surface area contributed by atoms with Gasteiger partial charge in [0.25, 0.3) is 0 Å². The summed E-state index contributed by atoms with van der Waals surface area (Å²) in [5.74, 6) is 18.3. The number of benzene rings is 2. The maximum atomic E-state index is 2.67. The molecular formula is C46H60. The van der Waals surface area contributed by atoms with Gasteiger partial charge in [-0.1, -0.05) is 72.5 Å². The molecule has 0 radical (unpaired) electrons. The fraction of sp³-hybridized carbons (Fsp3) is 0.739. The lowest BCUT2D eigenvalue weighted by molar-refractivity contribution is -0.169. The molecule has 0 aliphatic heterocycles. The van der Waals surface area contributed by atoms with E-state index in [1.54, 1.807) is 75.3 Å². The first-order valence-electron chi connectivity index (χ1n) is 20.8. The summed E-state index contributed by atoms with van der Waals surface area (Å²) in [4.78, 5) is 0. The highest BCUT2D eigenvalue weighted by Gasteiger charge is 2.70. The van der Waals surface area contributed by atoms with Gasteiger partial charge in [0.1, 0.15) is 0 Å². The molecule has 9 aliphatic carbocycles. The predicted octanol–water partition coefficient (Wildman–Crippen LogP) is 11.6. The average molecular weight is 613 g/mol. The van der Waals surface area contributed by atoms with Crippen molar-refractivity contribution in [3.8, 4) is 0 Å². The van der Waals surface area contributed by atoms with Crippen LogP contribution in [0.5, 0.6) is 0 Å². The standard InChI is InChI=1S/C46H60/c1-25-7-5-9-29(23-25)40-31-11-3-4-12-32(31)41(30-10-6-8-26(2)24-30)46-38-22-20-36-34-18-16-28-14-13-27-15-17-33(42(34)39(27)28)35-19-21-37(45(40)46)44(38)43(35)36/h5-10,23-24,27-28,31-46H,3-4,11-22H2,1-2H3. The average Bonchev–Trinajstić information content (AvgIpc) is 3.66. The third kappa shape index (κ3) is 3.80. The molecule has 0 N–H and O–H groups in total. The van der Waals surface area contributed by atoms with E-state index in [1.165, 1.54) is 36.8 Å². The van der Waals surface area contributed by atoms with Crippen LogP contribution in [0.4, 0.5) is 0 Å². The van der Waals surface area contributed by atoms with Crippen molar-refractivity contribution in [1.82, 2.24) is 0 Å². The molecule has 14 unspecified atom stereocenters. The molecular weight excluding hydrogens is 553 g/mol. The molecule has 9 saturated carbocycles. The van der Waals surface area contributed by atoms with Crippen LogP contribution in [0.3, 0.4) is 0 Å². The maximum Gasteiger partial charge on any atom is -0.00966 e. The van der Waals surface area contributed by atoms with Crippen molar-refractivity contribution in [3.63, 3.8) is 0 Å². The first-order chi connectivity index (χ1) is 22.7. The second-order valence-electron chi connectivity index (χ2n) is 19.3. The zero-order valence-corrected chi connectivity index (χ0v) is 28.9. The SMILES string of the molecule is Cc1cccc(C2C3CCCCC3C(c3cccc(C)c3)C3C4CCC5C6CCC7CCC8CCC(C9CCC(C4C95)C23)C6C87)c1. The summed E-state index contributed by atoms with van der Waals surface area (Å²) in [7, 11) is 0. The van der Waals surface area contributed by atoms with Crippen LogP contribution in [0.25, 0.3) is 0 Å². The van der Waals surface area contributed by atoms with Crippen molar-refractivity contribution in [3.05, 3.63) is 70.8 Å². The van der Waals surface area contributed by atoms with E-state index in [0.717, 1.165) is 107 Å². The highest BCUT2D eigenvalue weighted by atomic mass is 14.7. The first kappa shape index (κ1) is 28.3. The molecule has 0 amide bonds. The fourth-order valence-corrected chi connectivity index (χ4v) is 17.7. The Labute approximate surface area is 280 Å². The molecule has 0 spiro atoms. The molecule has 244 valence electrons. The van der Waals surface area contributed by atoms with Crippen LogP contribution in [0.1, 0.15) is 124 Å². The topological polar surface area (TPSA) is 0 Å². The molecule has 0 saturated heterocycles. The molecule has 0 heterocycles. The Kier molecular flexibility index (Phi) is 6.44. The number of aryl methyl sites for hydroxylation is 2. The molecule has 0 heteroatoms. The van der Waals surface area contributed by atoms with Gasteiger partial charge < -0.3 is 0 Å². The van der Waals surface area contributed by atoms with Gasteiger partial charge in [0, 0.05) is 0 Å². The summed E-state index contributed by atoms with van der Waals surface area (Å²) in [6, 6.07) is 20.1. The van der Waals surface area contributed by atoms with E-state index >= 15 is 0 Å². The summed E-state index contributed by atoms with van der Waals surface area (Å²) in [6.07, 6.45) is 22.0. The first-order valence-corrected chi connectivity index (χ1v) is 20.8. The van der Waals surface area contributed by atoms with Crippen LogP contribution in [-0.4, -0.2) is 0 Å². The highest BCUT2D eigenvalue weighted by molar-refractivity contribution is 5.35. The zero-order valence-electron chi connectivity index (χ0n) is 28.9. The summed E-state index contributed by atoms with van der Waals surface area (Å²) >= 11 is 0. The molecule has 2 aromatic carbocycles. The molecule has 14 atom stereocenters. The van der Waals surface area contributed by atoms with Crippen LogP contribution in [0.15, 0.2) is 48.5 Å². The van der Waals surface area contributed by atoms with Crippen LogP contribution < -0.4 is 0 Å².